The van der Waals surface area contributed by atoms with Crippen molar-refractivity contribution < 1.29 is 9.31 Å². The van der Waals surface area contributed by atoms with Crippen molar-refractivity contribution in [3.8, 4) is 11.1 Å². The lowest BCUT2D eigenvalue weighted by Gasteiger charge is -2.03. The van der Waals surface area contributed by atoms with Crippen molar-refractivity contribution in [2.75, 3.05) is 0 Å². The van der Waals surface area contributed by atoms with Gasteiger partial charge in [-0.05, 0) is 46.2 Å². The van der Waals surface area contributed by atoms with Gasteiger partial charge in [0.15, 0.2) is 0 Å². The fourth-order valence-electron chi connectivity index (χ4n) is 1.55. The first-order valence-corrected chi connectivity index (χ1v) is 4.95. The minimum absolute atomic E-state index is 0.220. The molecule has 2 rings (SSSR count). The van der Waals surface area contributed by atoms with Gasteiger partial charge in [-0.1, -0.05) is 12.1 Å². The molecule has 1 aromatic carbocycles. The molecule has 0 unspecified atom stereocenters. The molecule has 0 aliphatic heterocycles. The van der Waals surface area contributed by atoms with E-state index in [0.717, 1.165) is 5.56 Å². The molecular weight excluding hydrogens is 223 g/mol. The first kappa shape index (κ1) is 11.2. The van der Waals surface area contributed by atoms with Gasteiger partial charge in [0, 0.05) is 0 Å². The smallest absolute Gasteiger partial charge is 0.358 e. The topological polar surface area (TPSA) is 56.0 Å². The van der Waals surface area contributed by atoms with E-state index >= 15 is 0 Å². The number of aromatic nitrogens is 1. The molecule has 0 N–H and O–H groups in total. The Labute approximate surface area is 96.9 Å². The third-order valence-corrected chi connectivity index (χ3v) is 2.33. The van der Waals surface area contributed by atoms with Crippen molar-refractivity contribution in [2.45, 2.75) is 6.92 Å². The second-order valence-electron chi connectivity index (χ2n) is 3.65. The predicted octanol–water partition coefficient (Wildman–Crippen LogP) is 3.10. The van der Waals surface area contributed by atoms with Gasteiger partial charge >= 0.3 is 5.82 Å². The van der Waals surface area contributed by atoms with Crippen LogP contribution in [0.25, 0.3) is 11.1 Å². The van der Waals surface area contributed by atoms with Crippen LogP contribution in [-0.4, -0.2) is 9.91 Å². The summed E-state index contributed by atoms with van der Waals surface area (Å²) in [6, 6.07) is 7.19. The molecule has 0 saturated carbocycles. The van der Waals surface area contributed by atoms with Gasteiger partial charge in [0.1, 0.15) is 12.0 Å². The molecule has 0 amide bonds. The van der Waals surface area contributed by atoms with Gasteiger partial charge in [-0.3, -0.25) is 0 Å². The zero-order chi connectivity index (χ0) is 12.4. The first-order chi connectivity index (χ1) is 8.08. The SMILES string of the molecule is Cc1cnc([N+](=O)[O-])c(-c2ccc(F)cc2)c1. The summed E-state index contributed by atoms with van der Waals surface area (Å²) in [6.07, 6.45) is 1.44. The van der Waals surface area contributed by atoms with Crippen LogP contribution in [0.4, 0.5) is 10.2 Å². The van der Waals surface area contributed by atoms with Crippen molar-refractivity contribution in [2.24, 2.45) is 0 Å². The molecule has 4 nitrogen and oxygen atoms in total. The van der Waals surface area contributed by atoms with Gasteiger partial charge < -0.3 is 10.1 Å². The average molecular weight is 232 g/mol. The van der Waals surface area contributed by atoms with Crippen molar-refractivity contribution in [1.82, 2.24) is 4.98 Å². The van der Waals surface area contributed by atoms with Crippen LogP contribution in [0, 0.1) is 22.9 Å². The van der Waals surface area contributed by atoms with E-state index in [-0.39, 0.29) is 11.6 Å². The number of halogens is 1. The molecule has 0 fully saturated rings. The van der Waals surface area contributed by atoms with Crippen molar-refractivity contribution >= 4 is 5.82 Å². The van der Waals surface area contributed by atoms with Gasteiger partial charge in [0.05, 0.1) is 5.56 Å². The number of nitrogens with zero attached hydrogens (tertiary/aromatic N) is 2. The van der Waals surface area contributed by atoms with Gasteiger partial charge in [-0.15, -0.1) is 0 Å². The van der Waals surface area contributed by atoms with Crippen LogP contribution < -0.4 is 0 Å². The Balaban J connectivity index is 2.60. The van der Waals surface area contributed by atoms with Crippen LogP contribution in [0.3, 0.4) is 0 Å². The summed E-state index contributed by atoms with van der Waals surface area (Å²) in [4.78, 5) is 14.1. The second-order valence-corrected chi connectivity index (χ2v) is 3.65. The van der Waals surface area contributed by atoms with E-state index in [1.807, 2.05) is 0 Å². The monoisotopic (exact) mass is 232 g/mol. The largest absolute Gasteiger partial charge is 0.371 e. The highest BCUT2D eigenvalue weighted by Crippen LogP contribution is 2.28. The van der Waals surface area contributed by atoms with E-state index in [9.17, 15) is 14.5 Å². The third kappa shape index (κ3) is 2.28. The molecule has 86 valence electrons. The van der Waals surface area contributed by atoms with Crippen molar-refractivity contribution in [3.05, 3.63) is 58.0 Å². The van der Waals surface area contributed by atoms with Crippen LogP contribution in [0.15, 0.2) is 36.5 Å². The van der Waals surface area contributed by atoms with Gasteiger partial charge in [0.25, 0.3) is 0 Å². The molecule has 0 saturated heterocycles. The summed E-state index contributed by atoms with van der Waals surface area (Å²) < 4.78 is 12.8. The lowest BCUT2D eigenvalue weighted by Crippen LogP contribution is -1.96. The number of aryl methyl sites for hydroxylation is 1. The van der Waals surface area contributed by atoms with Gasteiger partial charge in [-0.2, -0.15) is 0 Å². The Morgan fingerprint density at radius 1 is 1.29 bits per heavy atom. The highest BCUT2D eigenvalue weighted by atomic mass is 19.1. The number of benzene rings is 1. The van der Waals surface area contributed by atoms with Gasteiger partial charge in [0.2, 0.25) is 0 Å². The summed E-state index contributed by atoms with van der Waals surface area (Å²) in [5.41, 5.74) is 1.79. The molecule has 0 aliphatic carbocycles. The van der Waals surface area contributed by atoms with Crippen molar-refractivity contribution in [3.63, 3.8) is 0 Å². The molecule has 0 atom stereocenters. The summed E-state index contributed by atoms with van der Waals surface area (Å²) in [5.74, 6) is -0.598. The Hall–Kier alpha value is -2.30. The molecule has 0 bridgehead atoms. The van der Waals surface area contributed by atoms with E-state index in [1.54, 1.807) is 13.0 Å². The Morgan fingerprint density at radius 3 is 2.53 bits per heavy atom. The van der Waals surface area contributed by atoms with Crippen LogP contribution in [-0.2, 0) is 0 Å². The van der Waals surface area contributed by atoms with E-state index in [0.29, 0.717) is 11.1 Å². The maximum absolute atomic E-state index is 12.8. The summed E-state index contributed by atoms with van der Waals surface area (Å²) in [5, 5.41) is 10.8. The number of pyridine rings is 1. The fraction of sp³-hybridized carbons (Fsp3) is 0.0833. The molecule has 1 aromatic heterocycles. The number of hydrogen-bond donors (Lipinski definition) is 0. The van der Waals surface area contributed by atoms with E-state index in [2.05, 4.69) is 4.98 Å². The molecule has 5 heteroatoms. The standard InChI is InChI=1S/C12H9FN2O2/c1-8-6-11(12(14-7-8)15(16)17)9-2-4-10(13)5-3-9/h2-7H,1H3. The lowest BCUT2D eigenvalue weighted by molar-refractivity contribution is -0.388. The Bertz CT molecular complexity index is 567. The molecule has 0 aliphatic rings. The number of rotatable bonds is 2. The van der Waals surface area contributed by atoms with Crippen molar-refractivity contribution in [1.29, 1.82) is 0 Å². The van der Waals surface area contributed by atoms with E-state index < -0.39 is 4.92 Å². The third-order valence-electron chi connectivity index (χ3n) is 2.33. The first-order valence-electron chi connectivity index (χ1n) is 4.95. The van der Waals surface area contributed by atoms with Crippen LogP contribution in [0.1, 0.15) is 5.56 Å². The van der Waals surface area contributed by atoms with E-state index in [4.69, 9.17) is 0 Å². The highest BCUT2D eigenvalue weighted by Gasteiger charge is 2.16. The van der Waals surface area contributed by atoms with Crippen LogP contribution in [0.2, 0.25) is 0 Å². The quantitative estimate of drug-likeness (QED) is 0.590. The zero-order valence-electron chi connectivity index (χ0n) is 9.05. The molecule has 17 heavy (non-hydrogen) atoms. The minimum atomic E-state index is -0.544. The zero-order valence-corrected chi connectivity index (χ0v) is 9.05. The summed E-state index contributed by atoms with van der Waals surface area (Å²) >= 11 is 0. The summed E-state index contributed by atoms with van der Waals surface area (Å²) in [7, 11) is 0. The normalized spacial score (nSPS) is 10.2. The lowest BCUT2D eigenvalue weighted by atomic mass is 10.1. The average Bonchev–Trinajstić information content (AvgIpc) is 2.29. The number of hydrogen-bond acceptors (Lipinski definition) is 3. The molecule has 1 heterocycles. The van der Waals surface area contributed by atoms with E-state index in [1.165, 1.54) is 30.5 Å². The number of nitro groups is 1. The van der Waals surface area contributed by atoms with Crippen LogP contribution in [0.5, 0.6) is 0 Å². The van der Waals surface area contributed by atoms with Crippen LogP contribution >= 0.6 is 0 Å². The minimum Gasteiger partial charge on any atom is -0.358 e. The highest BCUT2D eigenvalue weighted by molar-refractivity contribution is 5.71. The second kappa shape index (κ2) is 4.29. The fourth-order valence-corrected chi connectivity index (χ4v) is 1.55. The molecule has 0 radical (unpaired) electrons. The maximum Gasteiger partial charge on any atom is 0.371 e. The van der Waals surface area contributed by atoms with Gasteiger partial charge in [-0.25, -0.2) is 4.39 Å². The summed E-state index contributed by atoms with van der Waals surface area (Å²) in [6.45, 7) is 1.80. The Kier molecular flexibility index (Phi) is 2.82. The molecular formula is C12H9FN2O2. The molecule has 2 aromatic rings. The Morgan fingerprint density at radius 2 is 1.94 bits per heavy atom. The maximum atomic E-state index is 12.8. The predicted molar refractivity (Wildman–Crippen MR) is 61.0 cm³/mol. The molecule has 0 spiro atoms.